The van der Waals surface area contributed by atoms with E-state index in [1.807, 2.05) is 0 Å². The number of fused-ring (bicyclic) bond motifs is 1. The lowest BCUT2D eigenvalue weighted by Gasteiger charge is -2.34. The predicted octanol–water partition coefficient (Wildman–Crippen LogP) is 3.07. The summed E-state index contributed by atoms with van der Waals surface area (Å²) >= 11 is 6.18. The first-order chi connectivity index (χ1) is 15.2. The lowest BCUT2D eigenvalue weighted by Crippen LogP contribution is -2.41. The van der Waals surface area contributed by atoms with Crippen LogP contribution in [-0.4, -0.2) is 48.8 Å². The van der Waals surface area contributed by atoms with Crippen LogP contribution in [0.1, 0.15) is 36.2 Å². The van der Waals surface area contributed by atoms with Crippen molar-refractivity contribution < 1.29 is 22.7 Å². The summed E-state index contributed by atoms with van der Waals surface area (Å²) in [5.74, 6) is -0.367. The molecule has 1 amide bonds. The maximum absolute atomic E-state index is 13.7. The average molecular weight is 473 g/mol. The first kappa shape index (κ1) is 24.1. The van der Waals surface area contributed by atoms with Crippen molar-refractivity contribution in [1.82, 2.24) is 15.3 Å². The molecule has 1 aliphatic rings. The molecule has 8 nitrogen and oxygen atoms in total. The van der Waals surface area contributed by atoms with Crippen molar-refractivity contribution >= 4 is 34.2 Å². The van der Waals surface area contributed by atoms with Crippen molar-refractivity contribution in [1.29, 1.82) is 5.26 Å². The van der Waals surface area contributed by atoms with Crippen molar-refractivity contribution in [2.75, 3.05) is 37.9 Å². The number of alkyl halides is 3. The maximum Gasteiger partial charge on any atom is 0.434 e. The Labute approximate surface area is 187 Å². The zero-order valence-electron chi connectivity index (χ0n) is 17.5. The Balaban J connectivity index is 1.83. The number of carbonyl (C=O) groups is 1. The van der Waals surface area contributed by atoms with E-state index >= 15 is 0 Å². The molecular formula is C20H24ClF3N6O2. The second-order valence-corrected chi connectivity index (χ2v) is 7.94. The monoisotopic (exact) mass is 472 g/mol. The van der Waals surface area contributed by atoms with Gasteiger partial charge in [-0.3, -0.25) is 4.79 Å². The predicted molar refractivity (Wildman–Crippen MR) is 113 cm³/mol. The third-order valence-corrected chi connectivity index (χ3v) is 5.93. The molecule has 0 unspecified atom stereocenters. The van der Waals surface area contributed by atoms with Crippen LogP contribution in [0.3, 0.4) is 0 Å². The third-order valence-electron chi connectivity index (χ3n) is 5.47. The van der Waals surface area contributed by atoms with Crippen LogP contribution in [0.25, 0.3) is 11.0 Å². The Morgan fingerprint density at radius 1 is 1.44 bits per heavy atom. The van der Waals surface area contributed by atoms with Gasteiger partial charge in [-0.2, -0.15) is 18.4 Å². The summed E-state index contributed by atoms with van der Waals surface area (Å²) in [5.41, 5.74) is 4.28. The fraction of sp³-hybridized carbons (Fsp3) is 0.550. The minimum atomic E-state index is -4.81. The molecule has 2 aromatic rings. The molecule has 32 heavy (non-hydrogen) atoms. The smallest absolute Gasteiger partial charge is 0.369 e. The minimum Gasteiger partial charge on any atom is -0.369 e. The second kappa shape index (κ2) is 9.94. The molecule has 3 rings (SSSR count). The van der Waals surface area contributed by atoms with E-state index in [1.54, 1.807) is 17.9 Å². The number of nitrogens with two attached hydrogens (primary N) is 1. The summed E-state index contributed by atoms with van der Waals surface area (Å²) in [7, 11) is 0. The van der Waals surface area contributed by atoms with Gasteiger partial charge in [-0.1, -0.05) is 11.6 Å². The quantitative estimate of drug-likeness (QED) is 0.421. The van der Waals surface area contributed by atoms with Crippen LogP contribution in [0.2, 0.25) is 5.02 Å². The van der Waals surface area contributed by atoms with Gasteiger partial charge in [-0.05, 0) is 26.2 Å². The molecule has 0 atom stereocenters. The number of aromatic nitrogens is 2. The standard InChI is InChI=1S/C20H24ClF3N6O2/c1-11-14(21)15-16(28-11)17(13(9-25)18(29-15)20(22,23)24)30-6-3-12(4-7-30)19(31)27-5-2-8-32-10-26/h12,28H,2-8,10,26H2,1H3,(H,27,31). The number of hydrogen-bond acceptors (Lipinski definition) is 6. The number of rotatable bonds is 7. The molecule has 2 aromatic heterocycles. The number of ether oxygens (including phenoxy) is 1. The normalized spacial score (nSPS) is 15.2. The van der Waals surface area contributed by atoms with Gasteiger partial charge in [0.2, 0.25) is 5.91 Å². The largest absolute Gasteiger partial charge is 0.434 e. The Hall–Kier alpha value is -2.55. The van der Waals surface area contributed by atoms with E-state index in [1.165, 1.54) is 0 Å². The van der Waals surface area contributed by atoms with Crippen LogP contribution in [0.4, 0.5) is 18.9 Å². The molecule has 1 aliphatic heterocycles. The molecule has 0 spiro atoms. The first-order valence-electron chi connectivity index (χ1n) is 10.2. The van der Waals surface area contributed by atoms with E-state index in [2.05, 4.69) is 15.3 Å². The molecule has 0 aromatic carbocycles. The Bertz CT molecular complexity index is 1030. The van der Waals surface area contributed by atoms with Crippen molar-refractivity contribution in [2.24, 2.45) is 11.7 Å². The lowest BCUT2D eigenvalue weighted by atomic mass is 9.94. The number of anilines is 1. The highest BCUT2D eigenvalue weighted by Gasteiger charge is 2.40. The van der Waals surface area contributed by atoms with Gasteiger partial charge in [0, 0.05) is 37.9 Å². The maximum atomic E-state index is 13.7. The number of nitrogens with zero attached hydrogens (tertiary/aromatic N) is 3. The Morgan fingerprint density at radius 2 is 2.12 bits per heavy atom. The number of carbonyl (C=O) groups excluding carboxylic acids is 1. The van der Waals surface area contributed by atoms with Gasteiger partial charge in [-0.15, -0.1) is 0 Å². The molecule has 0 radical (unpaired) electrons. The van der Waals surface area contributed by atoms with E-state index in [0.29, 0.717) is 56.7 Å². The zero-order chi connectivity index (χ0) is 23.5. The molecule has 12 heteroatoms. The van der Waals surface area contributed by atoms with Gasteiger partial charge < -0.3 is 25.7 Å². The van der Waals surface area contributed by atoms with Crippen LogP contribution >= 0.6 is 11.6 Å². The number of hydrogen-bond donors (Lipinski definition) is 3. The average Bonchev–Trinajstić information content (AvgIpc) is 3.05. The third kappa shape index (κ3) is 4.92. The van der Waals surface area contributed by atoms with Gasteiger partial charge in [0.05, 0.1) is 23.0 Å². The number of piperidine rings is 1. The number of halogens is 4. The van der Waals surface area contributed by atoms with Crippen LogP contribution in [0, 0.1) is 24.2 Å². The van der Waals surface area contributed by atoms with E-state index in [0.717, 1.165) is 0 Å². The summed E-state index contributed by atoms with van der Waals surface area (Å²) in [4.78, 5) is 20.8. The fourth-order valence-electron chi connectivity index (χ4n) is 3.88. The SMILES string of the molecule is Cc1[nH]c2c(N3CCC(C(=O)NCCCOCN)CC3)c(C#N)c(C(F)(F)F)nc2c1Cl. The molecule has 1 saturated heterocycles. The first-order valence-corrected chi connectivity index (χ1v) is 10.6. The summed E-state index contributed by atoms with van der Waals surface area (Å²) < 4.78 is 46.0. The summed E-state index contributed by atoms with van der Waals surface area (Å²) in [5, 5.41) is 12.5. The molecule has 3 heterocycles. The van der Waals surface area contributed by atoms with Gasteiger partial charge in [0.15, 0.2) is 5.69 Å². The van der Waals surface area contributed by atoms with Gasteiger partial charge in [0.25, 0.3) is 0 Å². The molecule has 4 N–H and O–H groups in total. The zero-order valence-corrected chi connectivity index (χ0v) is 18.2. The molecule has 0 bridgehead atoms. The van der Waals surface area contributed by atoms with Crippen LogP contribution < -0.4 is 16.0 Å². The minimum absolute atomic E-state index is 0.0231. The van der Waals surface area contributed by atoms with E-state index in [-0.39, 0.29) is 34.8 Å². The van der Waals surface area contributed by atoms with Gasteiger partial charge >= 0.3 is 6.18 Å². The number of nitriles is 1. The molecule has 0 saturated carbocycles. The van der Waals surface area contributed by atoms with Gasteiger partial charge in [-0.25, -0.2) is 4.98 Å². The van der Waals surface area contributed by atoms with Crippen LogP contribution in [-0.2, 0) is 15.7 Å². The van der Waals surface area contributed by atoms with E-state index < -0.39 is 17.4 Å². The van der Waals surface area contributed by atoms with Crippen molar-refractivity contribution in [3.8, 4) is 6.07 Å². The van der Waals surface area contributed by atoms with Crippen molar-refractivity contribution in [3.63, 3.8) is 0 Å². The Kier molecular flexibility index (Phi) is 7.48. The molecule has 1 fully saturated rings. The fourth-order valence-corrected chi connectivity index (χ4v) is 4.06. The second-order valence-electron chi connectivity index (χ2n) is 7.56. The van der Waals surface area contributed by atoms with E-state index in [4.69, 9.17) is 22.1 Å². The summed E-state index contributed by atoms with van der Waals surface area (Å²) in [6, 6.07) is 1.68. The number of nitrogens with one attached hydrogen (secondary N) is 2. The number of amides is 1. The van der Waals surface area contributed by atoms with Crippen LogP contribution in [0.5, 0.6) is 0 Å². The molecular weight excluding hydrogens is 449 g/mol. The Morgan fingerprint density at radius 3 is 2.72 bits per heavy atom. The molecule has 0 aliphatic carbocycles. The van der Waals surface area contributed by atoms with E-state index in [9.17, 15) is 23.2 Å². The number of pyridine rings is 1. The van der Waals surface area contributed by atoms with Gasteiger partial charge in [0.1, 0.15) is 17.1 Å². The highest BCUT2D eigenvalue weighted by Crippen LogP contribution is 2.42. The topological polar surface area (TPSA) is 120 Å². The number of aryl methyl sites for hydroxylation is 1. The highest BCUT2D eigenvalue weighted by molar-refractivity contribution is 6.36. The lowest BCUT2D eigenvalue weighted by molar-refractivity contribution is -0.141. The van der Waals surface area contributed by atoms with Crippen molar-refractivity contribution in [3.05, 3.63) is 22.0 Å². The summed E-state index contributed by atoms with van der Waals surface area (Å²) in [6.07, 6.45) is -3.30. The molecule has 174 valence electrons. The summed E-state index contributed by atoms with van der Waals surface area (Å²) in [6.45, 7) is 3.29. The van der Waals surface area contributed by atoms with Crippen LogP contribution in [0.15, 0.2) is 0 Å². The number of H-pyrrole nitrogens is 1. The van der Waals surface area contributed by atoms with Crippen molar-refractivity contribution in [2.45, 2.75) is 32.4 Å². The highest BCUT2D eigenvalue weighted by atomic mass is 35.5. The number of aromatic amines is 1.